The van der Waals surface area contributed by atoms with E-state index in [-0.39, 0.29) is 17.9 Å². The highest BCUT2D eigenvalue weighted by Gasteiger charge is 2.27. The summed E-state index contributed by atoms with van der Waals surface area (Å²) in [5.74, 6) is 0.0931. The van der Waals surface area contributed by atoms with E-state index in [1.807, 2.05) is 24.3 Å². The van der Waals surface area contributed by atoms with Crippen LogP contribution in [0.2, 0.25) is 0 Å². The summed E-state index contributed by atoms with van der Waals surface area (Å²) in [5, 5.41) is 3.20. The zero-order valence-corrected chi connectivity index (χ0v) is 17.6. The van der Waals surface area contributed by atoms with Crippen molar-refractivity contribution >= 4 is 11.8 Å². The maximum atomic E-state index is 12.5. The van der Waals surface area contributed by atoms with Crippen LogP contribution in [0.1, 0.15) is 47.2 Å². The van der Waals surface area contributed by atoms with Gasteiger partial charge in [-0.15, -0.1) is 0 Å². The van der Waals surface area contributed by atoms with E-state index in [4.69, 9.17) is 0 Å². The fraction of sp³-hybridized carbons (Fsp3) is 0.440. The second-order valence-electron chi connectivity index (χ2n) is 8.43. The third kappa shape index (κ3) is 5.28. The Morgan fingerprint density at radius 2 is 1.83 bits per heavy atom. The molecular weight excluding hydrogens is 374 g/mol. The fourth-order valence-electron chi connectivity index (χ4n) is 4.56. The number of hydrogen-bond acceptors (Lipinski definition) is 3. The molecule has 1 N–H and O–H groups in total. The van der Waals surface area contributed by atoms with Gasteiger partial charge >= 0.3 is 0 Å². The number of likely N-dealkylation sites (tertiary alicyclic amines) is 1. The Morgan fingerprint density at radius 1 is 1.03 bits per heavy atom. The molecule has 2 aliphatic heterocycles. The number of benzene rings is 2. The van der Waals surface area contributed by atoms with Crippen LogP contribution in [0.15, 0.2) is 54.6 Å². The Hall–Kier alpha value is -2.66. The maximum absolute atomic E-state index is 12.5. The van der Waals surface area contributed by atoms with Crippen LogP contribution in [0.5, 0.6) is 0 Å². The molecule has 0 radical (unpaired) electrons. The molecule has 30 heavy (non-hydrogen) atoms. The van der Waals surface area contributed by atoms with E-state index in [1.54, 1.807) is 4.90 Å². The van der Waals surface area contributed by atoms with Crippen molar-refractivity contribution in [3.8, 4) is 0 Å². The van der Waals surface area contributed by atoms with Gasteiger partial charge in [0.2, 0.25) is 5.91 Å². The van der Waals surface area contributed by atoms with Crippen molar-refractivity contribution in [2.24, 2.45) is 0 Å². The molecule has 1 saturated heterocycles. The first kappa shape index (κ1) is 20.6. The van der Waals surface area contributed by atoms with Gasteiger partial charge in [0, 0.05) is 37.7 Å². The van der Waals surface area contributed by atoms with Crippen LogP contribution < -0.4 is 5.32 Å². The number of rotatable bonds is 8. The van der Waals surface area contributed by atoms with Gasteiger partial charge in [-0.1, -0.05) is 48.5 Å². The average molecular weight is 406 g/mol. The summed E-state index contributed by atoms with van der Waals surface area (Å²) in [6.07, 6.45) is 4.76. The van der Waals surface area contributed by atoms with Gasteiger partial charge in [-0.3, -0.25) is 9.59 Å². The minimum Gasteiger partial charge on any atom is -0.352 e. The van der Waals surface area contributed by atoms with Gasteiger partial charge in [0.1, 0.15) is 0 Å². The minimum absolute atomic E-state index is 0.0423. The molecule has 2 aromatic rings. The van der Waals surface area contributed by atoms with Gasteiger partial charge in [-0.2, -0.15) is 0 Å². The summed E-state index contributed by atoms with van der Waals surface area (Å²) in [6, 6.07) is 18.5. The van der Waals surface area contributed by atoms with Crippen LogP contribution in [0.4, 0.5) is 0 Å². The van der Waals surface area contributed by atoms with Crippen molar-refractivity contribution < 1.29 is 9.59 Å². The lowest BCUT2D eigenvalue weighted by Crippen LogP contribution is -2.48. The largest absolute Gasteiger partial charge is 0.352 e. The van der Waals surface area contributed by atoms with Gasteiger partial charge in [0.05, 0.1) is 0 Å². The number of piperidine rings is 1. The van der Waals surface area contributed by atoms with Crippen LogP contribution in [0, 0.1) is 0 Å². The third-order valence-corrected chi connectivity index (χ3v) is 6.16. The van der Waals surface area contributed by atoms with Crippen molar-refractivity contribution in [1.82, 2.24) is 15.1 Å². The van der Waals surface area contributed by atoms with E-state index in [0.29, 0.717) is 19.5 Å². The Labute approximate surface area is 179 Å². The van der Waals surface area contributed by atoms with Gasteiger partial charge in [0.25, 0.3) is 5.91 Å². The number of carbonyl (C=O) groups is 2. The van der Waals surface area contributed by atoms with Crippen LogP contribution in [0.3, 0.4) is 0 Å². The van der Waals surface area contributed by atoms with Crippen molar-refractivity contribution in [2.75, 3.05) is 26.2 Å². The maximum Gasteiger partial charge on any atom is 0.254 e. The van der Waals surface area contributed by atoms with Crippen molar-refractivity contribution in [1.29, 1.82) is 0 Å². The van der Waals surface area contributed by atoms with E-state index >= 15 is 0 Å². The number of fused-ring (bicyclic) bond motifs is 1. The Bertz CT molecular complexity index is 868. The molecule has 0 bridgehead atoms. The molecular formula is C25H31N3O2. The van der Waals surface area contributed by atoms with Gasteiger partial charge in [0.15, 0.2) is 0 Å². The summed E-state index contributed by atoms with van der Waals surface area (Å²) in [5.41, 5.74) is 3.22. The number of carbonyl (C=O) groups excluding carboxylic acids is 2. The van der Waals surface area contributed by atoms with E-state index in [0.717, 1.165) is 56.4 Å². The highest BCUT2D eigenvalue weighted by molar-refractivity contribution is 5.98. The molecule has 0 spiro atoms. The smallest absolute Gasteiger partial charge is 0.254 e. The second kappa shape index (κ2) is 9.90. The van der Waals surface area contributed by atoms with Gasteiger partial charge in [-0.05, 0) is 56.0 Å². The zero-order chi connectivity index (χ0) is 20.8. The Balaban J connectivity index is 1.17. The summed E-state index contributed by atoms with van der Waals surface area (Å²) in [7, 11) is 0. The summed E-state index contributed by atoms with van der Waals surface area (Å²) >= 11 is 0. The molecule has 1 fully saturated rings. The third-order valence-electron chi connectivity index (χ3n) is 6.16. The molecule has 158 valence electrons. The van der Waals surface area contributed by atoms with Crippen molar-refractivity contribution in [3.05, 3.63) is 71.3 Å². The monoisotopic (exact) mass is 405 g/mol. The van der Waals surface area contributed by atoms with Crippen LogP contribution >= 0.6 is 0 Å². The van der Waals surface area contributed by atoms with E-state index < -0.39 is 0 Å². The molecule has 5 heteroatoms. The fourth-order valence-corrected chi connectivity index (χ4v) is 4.56. The molecule has 1 unspecified atom stereocenters. The molecule has 0 aromatic heterocycles. The van der Waals surface area contributed by atoms with Crippen LogP contribution in [-0.4, -0.2) is 53.8 Å². The lowest BCUT2D eigenvalue weighted by atomic mass is 10.0. The molecule has 2 heterocycles. The normalized spacial score (nSPS) is 19.0. The molecule has 4 rings (SSSR count). The minimum atomic E-state index is 0.0423. The number of amides is 2. The highest BCUT2D eigenvalue weighted by Crippen LogP contribution is 2.22. The molecule has 2 aromatic carbocycles. The second-order valence-corrected chi connectivity index (χ2v) is 8.43. The van der Waals surface area contributed by atoms with Crippen molar-refractivity contribution in [2.45, 2.75) is 44.7 Å². The first-order valence-electron chi connectivity index (χ1n) is 11.1. The van der Waals surface area contributed by atoms with Gasteiger partial charge < -0.3 is 15.1 Å². The lowest BCUT2D eigenvalue weighted by molar-refractivity contribution is -0.122. The molecule has 0 aliphatic carbocycles. The number of nitrogens with one attached hydrogen (secondary N) is 1. The Kier molecular flexibility index (Phi) is 6.80. The summed E-state index contributed by atoms with van der Waals surface area (Å²) < 4.78 is 0. The van der Waals surface area contributed by atoms with E-state index in [1.165, 1.54) is 5.56 Å². The van der Waals surface area contributed by atoms with Crippen LogP contribution in [-0.2, 0) is 17.8 Å². The SMILES string of the molecule is O=C(CCN1Cc2ccccc2C1=O)NC1CCCN(CCCc2ccccc2)C1. The lowest BCUT2D eigenvalue weighted by Gasteiger charge is -2.33. The number of aryl methyl sites for hydroxylation is 1. The first-order valence-corrected chi connectivity index (χ1v) is 11.1. The Morgan fingerprint density at radius 3 is 2.67 bits per heavy atom. The molecule has 0 saturated carbocycles. The summed E-state index contributed by atoms with van der Waals surface area (Å²) in [4.78, 5) is 29.2. The highest BCUT2D eigenvalue weighted by atomic mass is 16.2. The molecule has 2 aliphatic rings. The predicted molar refractivity (Wildman–Crippen MR) is 118 cm³/mol. The first-order chi connectivity index (χ1) is 14.7. The number of hydrogen-bond donors (Lipinski definition) is 1. The van der Waals surface area contributed by atoms with Gasteiger partial charge in [-0.25, -0.2) is 0 Å². The van der Waals surface area contributed by atoms with E-state index in [2.05, 4.69) is 40.5 Å². The predicted octanol–water partition coefficient (Wildman–Crippen LogP) is 3.25. The standard InChI is InChI=1S/C25H31N3O2/c29-24(14-17-28-18-21-11-4-5-13-23(21)25(28)30)26-22-12-7-16-27(19-22)15-6-10-20-8-2-1-3-9-20/h1-5,8-9,11,13,22H,6-7,10,12,14-19H2,(H,26,29). The zero-order valence-electron chi connectivity index (χ0n) is 17.6. The molecule has 5 nitrogen and oxygen atoms in total. The van der Waals surface area contributed by atoms with Crippen molar-refractivity contribution in [3.63, 3.8) is 0 Å². The summed E-state index contributed by atoms with van der Waals surface area (Å²) in [6.45, 7) is 4.20. The topological polar surface area (TPSA) is 52.7 Å². The quantitative estimate of drug-likeness (QED) is 0.734. The van der Waals surface area contributed by atoms with E-state index in [9.17, 15) is 9.59 Å². The molecule has 1 atom stereocenters. The van der Waals surface area contributed by atoms with Crippen LogP contribution in [0.25, 0.3) is 0 Å². The number of nitrogens with zero attached hydrogens (tertiary/aromatic N) is 2. The average Bonchev–Trinajstić information content (AvgIpc) is 3.09. The molecule has 2 amide bonds.